The van der Waals surface area contributed by atoms with Gasteiger partial charge in [-0.25, -0.2) is 8.78 Å². The summed E-state index contributed by atoms with van der Waals surface area (Å²) in [6.45, 7) is 9.53. The number of hydrogen-bond donors (Lipinski definition) is 0. The third-order valence-electron chi connectivity index (χ3n) is 12.5. The van der Waals surface area contributed by atoms with E-state index in [2.05, 4.69) is 44.0 Å². The summed E-state index contributed by atoms with van der Waals surface area (Å²) in [6.07, 6.45) is 13.1. The van der Waals surface area contributed by atoms with Gasteiger partial charge in [-0.2, -0.15) is 10.5 Å². The maximum atomic E-state index is 15.9. The van der Waals surface area contributed by atoms with Gasteiger partial charge in [0.25, 0.3) is 0 Å². The molecule has 4 aromatic carbocycles. The maximum absolute atomic E-state index is 15.9. The molecule has 12 heteroatoms. The lowest BCUT2D eigenvalue weighted by Crippen LogP contribution is -2.29. The van der Waals surface area contributed by atoms with Gasteiger partial charge >= 0.3 is 0 Å². The molecule has 6 aromatic rings. The summed E-state index contributed by atoms with van der Waals surface area (Å²) in [5, 5.41) is 18.7. The van der Waals surface area contributed by atoms with Crippen LogP contribution in [0, 0.1) is 48.1 Å². The molecule has 0 unspecified atom stereocenters. The van der Waals surface area contributed by atoms with Crippen molar-refractivity contribution in [3.05, 3.63) is 165 Å². The van der Waals surface area contributed by atoms with Crippen molar-refractivity contribution in [2.75, 3.05) is 26.2 Å². The van der Waals surface area contributed by atoms with Crippen molar-refractivity contribution in [2.24, 2.45) is 0 Å². The van der Waals surface area contributed by atoms with E-state index in [1.807, 2.05) is 38.1 Å². The minimum atomic E-state index is -0.464. The minimum absolute atomic E-state index is 0.0851. The Morgan fingerprint density at radius 1 is 0.500 bits per heavy atom. The molecule has 0 bridgehead atoms. The van der Waals surface area contributed by atoms with Crippen LogP contribution in [0.3, 0.4) is 0 Å². The predicted octanol–water partition coefficient (Wildman–Crippen LogP) is 11.1. The second-order valence-corrected chi connectivity index (χ2v) is 17.2. The Morgan fingerprint density at radius 3 is 1.32 bits per heavy atom. The SMILES string of the molecule is Cc1c(COc2cc(OCc3cncc(C#N)c3)c(CN3CCCCC3)cc2F)cccc1-c1cccc(COc2cc(OCc3cncc(C#N)c3)c(CN3CCCCC3)cc2F)c1C. The lowest BCUT2D eigenvalue weighted by molar-refractivity contribution is 0.213. The number of nitriles is 2. The van der Waals surface area contributed by atoms with Gasteiger partial charge in [-0.05, 0) is 123 Å². The molecule has 0 saturated carbocycles. The second kappa shape index (κ2) is 21.9. The molecule has 0 radical (unpaired) electrons. The van der Waals surface area contributed by atoms with Gasteiger partial charge in [-0.3, -0.25) is 19.8 Å². The molecule has 0 N–H and O–H groups in total. The molecule has 0 amide bonds. The Labute approximate surface area is 386 Å². The zero-order chi connectivity index (χ0) is 45.8. The Kier molecular flexibility index (Phi) is 15.2. The van der Waals surface area contributed by atoms with E-state index < -0.39 is 11.6 Å². The Hall–Kier alpha value is -6.86. The maximum Gasteiger partial charge on any atom is 0.165 e. The molecule has 10 nitrogen and oxygen atoms in total. The third kappa shape index (κ3) is 11.5. The number of benzene rings is 4. The van der Waals surface area contributed by atoms with Crippen LogP contribution in [0.5, 0.6) is 23.0 Å². The van der Waals surface area contributed by atoms with E-state index in [4.69, 9.17) is 18.9 Å². The zero-order valence-electron chi connectivity index (χ0n) is 37.6. The normalized spacial score (nSPS) is 14.3. The van der Waals surface area contributed by atoms with Gasteiger partial charge in [-0.1, -0.05) is 49.2 Å². The van der Waals surface area contributed by atoms with Crippen LogP contribution in [0.25, 0.3) is 11.1 Å². The highest BCUT2D eigenvalue weighted by atomic mass is 19.1. The largest absolute Gasteiger partial charge is 0.488 e. The zero-order valence-corrected chi connectivity index (χ0v) is 37.6. The number of nitrogens with zero attached hydrogens (tertiary/aromatic N) is 6. The molecule has 8 rings (SSSR count). The van der Waals surface area contributed by atoms with Gasteiger partial charge in [0.2, 0.25) is 0 Å². The molecule has 0 atom stereocenters. The van der Waals surface area contributed by atoms with Crippen molar-refractivity contribution < 1.29 is 27.7 Å². The minimum Gasteiger partial charge on any atom is -0.488 e. The van der Waals surface area contributed by atoms with E-state index >= 15 is 8.78 Å². The summed E-state index contributed by atoms with van der Waals surface area (Å²) in [6, 6.07) is 26.0. The fraction of sp³-hybridized carbons (Fsp3) is 0.333. The van der Waals surface area contributed by atoms with Crippen molar-refractivity contribution >= 4 is 0 Å². The molecular weight excluding hydrogens is 835 g/mol. The van der Waals surface area contributed by atoms with Gasteiger partial charge < -0.3 is 18.9 Å². The van der Waals surface area contributed by atoms with Gasteiger partial charge in [0, 0.05) is 72.3 Å². The van der Waals surface area contributed by atoms with Crippen molar-refractivity contribution in [2.45, 2.75) is 91.9 Å². The topological polar surface area (TPSA) is 117 Å². The van der Waals surface area contributed by atoms with Crippen molar-refractivity contribution in [1.82, 2.24) is 19.8 Å². The summed E-state index contributed by atoms with van der Waals surface area (Å²) in [5.74, 6) is 0.292. The standard InChI is InChI=1S/C54H54F2N6O4/c1-37-43(35-65-53-23-51(63-33-41-19-39(25-57)27-59-29-41)45(21-49(53)55)31-61-15-5-3-6-16-61)11-9-13-47(37)48-14-10-12-44(38(48)2)36-66-54-24-52(64-34-42-20-40(26-58)28-60-30-42)46(22-50(54)56)32-62-17-7-4-8-18-62/h9-14,19-24,27-30H,3-8,15-18,31-36H2,1-2H3. The van der Waals surface area contributed by atoms with E-state index in [0.717, 1.165) is 107 Å². The molecule has 0 spiro atoms. The third-order valence-corrected chi connectivity index (χ3v) is 12.5. The van der Waals surface area contributed by atoms with Crippen LogP contribution in [0.2, 0.25) is 0 Å². The number of hydrogen-bond acceptors (Lipinski definition) is 10. The smallest absolute Gasteiger partial charge is 0.165 e. The quantitative estimate of drug-likeness (QED) is 0.0876. The number of piperidine rings is 2. The van der Waals surface area contributed by atoms with Crippen molar-refractivity contribution in [3.63, 3.8) is 0 Å². The number of likely N-dealkylation sites (tertiary alicyclic amines) is 2. The van der Waals surface area contributed by atoms with Crippen molar-refractivity contribution in [1.29, 1.82) is 10.5 Å². The lowest BCUT2D eigenvalue weighted by Gasteiger charge is -2.27. The molecule has 2 saturated heterocycles. The van der Waals surface area contributed by atoms with E-state index in [1.165, 1.54) is 37.4 Å². The van der Waals surface area contributed by atoms with Crippen LogP contribution in [-0.4, -0.2) is 45.9 Å². The average molecular weight is 889 g/mol. The number of pyridine rings is 2. The van der Waals surface area contributed by atoms with Crippen LogP contribution in [0.4, 0.5) is 8.78 Å². The van der Waals surface area contributed by atoms with Gasteiger partial charge in [0.1, 0.15) is 50.1 Å². The van der Waals surface area contributed by atoms with E-state index in [0.29, 0.717) is 35.7 Å². The van der Waals surface area contributed by atoms with Crippen LogP contribution in [0.1, 0.15) is 94.2 Å². The fourth-order valence-electron chi connectivity index (χ4n) is 8.76. The van der Waals surface area contributed by atoms with Crippen LogP contribution in [-0.2, 0) is 39.5 Å². The van der Waals surface area contributed by atoms with Gasteiger partial charge in [-0.15, -0.1) is 0 Å². The molecule has 2 fully saturated rings. The number of ether oxygens (including phenoxy) is 4. The van der Waals surface area contributed by atoms with Crippen LogP contribution >= 0.6 is 0 Å². The highest BCUT2D eigenvalue weighted by Crippen LogP contribution is 2.36. The highest BCUT2D eigenvalue weighted by Gasteiger charge is 2.21. The second-order valence-electron chi connectivity index (χ2n) is 17.2. The molecular formula is C54H54F2N6O4. The van der Waals surface area contributed by atoms with Crippen LogP contribution < -0.4 is 18.9 Å². The molecule has 338 valence electrons. The number of aromatic nitrogens is 2. The van der Waals surface area contributed by atoms with E-state index in [1.54, 1.807) is 36.7 Å². The summed E-state index contributed by atoms with van der Waals surface area (Å²) >= 11 is 0. The van der Waals surface area contributed by atoms with Crippen LogP contribution in [0.15, 0.2) is 97.6 Å². The fourth-order valence-corrected chi connectivity index (χ4v) is 8.76. The summed E-state index contributed by atoms with van der Waals surface area (Å²) in [5.41, 5.74) is 9.55. The average Bonchev–Trinajstić information content (AvgIpc) is 3.34. The summed E-state index contributed by atoms with van der Waals surface area (Å²) in [4.78, 5) is 13.0. The van der Waals surface area contributed by atoms with E-state index in [9.17, 15) is 10.5 Å². The summed E-state index contributed by atoms with van der Waals surface area (Å²) in [7, 11) is 0. The van der Waals surface area contributed by atoms with Crippen molar-refractivity contribution in [3.8, 4) is 46.3 Å². The Morgan fingerprint density at radius 2 is 0.909 bits per heavy atom. The lowest BCUT2D eigenvalue weighted by atomic mass is 9.92. The number of halogens is 2. The van der Waals surface area contributed by atoms with Gasteiger partial charge in [0.15, 0.2) is 23.1 Å². The molecule has 2 aromatic heterocycles. The molecule has 2 aliphatic heterocycles. The summed E-state index contributed by atoms with van der Waals surface area (Å²) < 4.78 is 56.8. The highest BCUT2D eigenvalue weighted by molar-refractivity contribution is 5.72. The Bertz CT molecular complexity index is 2550. The first-order valence-electron chi connectivity index (χ1n) is 22.7. The monoisotopic (exact) mass is 888 g/mol. The van der Waals surface area contributed by atoms with Gasteiger partial charge in [0.05, 0.1) is 11.1 Å². The first-order valence-corrected chi connectivity index (χ1v) is 22.7. The Balaban J connectivity index is 0.985. The first kappa shape index (κ1) is 45.7. The predicted molar refractivity (Wildman–Crippen MR) is 248 cm³/mol. The first-order chi connectivity index (χ1) is 32.2. The molecule has 0 aliphatic carbocycles. The number of rotatable bonds is 17. The molecule has 66 heavy (non-hydrogen) atoms. The molecule has 4 heterocycles. The molecule has 2 aliphatic rings. The van der Waals surface area contributed by atoms with E-state index in [-0.39, 0.29) is 37.9 Å².